The fraction of sp³-hybridized carbons (Fsp3) is 0.615. The van der Waals surface area contributed by atoms with Gasteiger partial charge in [-0.25, -0.2) is 0 Å². The number of Topliss-reactive ketones (excluding diaryl/α,β-unsaturated/α-hetero) is 1. The van der Waals surface area contributed by atoms with Crippen LogP contribution in [0.2, 0.25) is 0 Å². The molecule has 1 nitrogen and oxygen atoms in total. The Morgan fingerprint density at radius 3 is 2.86 bits per heavy atom. The van der Waals surface area contributed by atoms with Crippen LogP contribution in [-0.2, 0) is 4.79 Å². The predicted octanol–water partition coefficient (Wildman–Crippen LogP) is 3.66. The average Bonchev–Trinajstić information content (AvgIpc) is 2.26. The zero-order valence-electron chi connectivity index (χ0n) is 9.25. The number of hydrogen-bond donors (Lipinski definition) is 0. The normalized spacial score (nSPS) is 17.7. The maximum atomic E-state index is 11.6. The summed E-state index contributed by atoms with van der Waals surface area (Å²) in [6.45, 7) is 4.09. The Balaban J connectivity index is 2.29. The van der Waals surface area contributed by atoms with Crippen molar-refractivity contribution in [3.8, 4) is 0 Å². The third-order valence-electron chi connectivity index (χ3n) is 2.89. The molecule has 1 unspecified atom stereocenters. The van der Waals surface area contributed by atoms with Crippen molar-refractivity contribution in [1.82, 2.24) is 0 Å². The molecule has 78 valence electrons. The molecule has 0 aliphatic heterocycles. The van der Waals surface area contributed by atoms with Gasteiger partial charge in [0.05, 0.1) is 0 Å². The highest BCUT2D eigenvalue weighted by molar-refractivity contribution is 5.80. The Labute approximate surface area is 86.9 Å². The van der Waals surface area contributed by atoms with E-state index < -0.39 is 0 Å². The minimum Gasteiger partial charge on any atom is -0.299 e. The second-order valence-corrected chi connectivity index (χ2v) is 4.03. The van der Waals surface area contributed by atoms with Gasteiger partial charge in [-0.3, -0.25) is 4.79 Å². The third-order valence-corrected chi connectivity index (χ3v) is 2.89. The molecule has 0 heterocycles. The van der Waals surface area contributed by atoms with Gasteiger partial charge in [0.25, 0.3) is 0 Å². The van der Waals surface area contributed by atoms with E-state index >= 15 is 0 Å². The van der Waals surface area contributed by atoms with Gasteiger partial charge >= 0.3 is 0 Å². The molecule has 0 radical (unpaired) electrons. The van der Waals surface area contributed by atoms with Gasteiger partial charge in [-0.2, -0.15) is 0 Å². The molecule has 1 aliphatic carbocycles. The fourth-order valence-corrected chi connectivity index (χ4v) is 1.59. The van der Waals surface area contributed by atoms with E-state index in [0.29, 0.717) is 12.2 Å². The van der Waals surface area contributed by atoms with Crippen molar-refractivity contribution in [2.24, 2.45) is 5.92 Å². The van der Waals surface area contributed by atoms with Crippen molar-refractivity contribution >= 4 is 5.78 Å². The maximum Gasteiger partial charge on any atom is 0.136 e. The molecule has 1 heteroatoms. The summed E-state index contributed by atoms with van der Waals surface area (Å²) < 4.78 is 0. The number of rotatable bonds is 5. The first-order valence-electron chi connectivity index (χ1n) is 5.62. The highest BCUT2D eigenvalue weighted by atomic mass is 16.1. The molecule has 0 spiro atoms. The SMILES string of the molecule is CCC(C)C(=O)CCC1=CCCC=C1. The molecule has 1 rings (SSSR count). The van der Waals surface area contributed by atoms with Gasteiger partial charge in [-0.1, -0.05) is 37.6 Å². The first kappa shape index (κ1) is 11.2. The van der Waals surface area contributed by atoms with Crippen molar-refractivity contribution in [3.05, 3.63) is 23.8 Å². The van der Waals surface area contributed by atoms with Crippen LogP contribution in [0.25, 0.3) is 0 Å². The molecule has 0 N–H and O–H groups in total. The minimum atomic E-state index is 0.239. The van der Waals surface area contributed by atoms with Crippen LogP contribution in [0.15, 0.2) is 23.8 Å². The quantitative estimate of drug-likeness (QED) is 0.649. The number of allylic oxidation sites excluding steroid dienone is 4. The highest BCUT2D eigenvalue weighted by Gasteiger charge is 2.10. The first-order valence-corrected chi connectivity index (χ1v) is 5.62. The monoisotopic (exact) mass is 192 g/mol. The van der Waals surface area contributed by atoms with Crippen molar-refractivity contribution in [1.29, 1.82) is 0 Å². The topological polar surface area (TPSA) is 17.1 Å². The van der Waals surface area contributed by atoms with Crippen LogP contribution in [0, 0.1) is 5.92 Å². The molecule has 0 fully saturated rings. The standard InChI is InChI=1S/C13H20O/c1-3-11(2)13(14)10-9-12-7-5-4-6-8-12/h5,7-8,11H,3-4,6,9-10H2,1-2H3. The lowest BCUT2D eigenvalue weighted by molar-refractivity contribution is -0.122. The second-order valence-electron chi connectivity index (χ2n) is 4.03. The summed E-state index contributed by atoms with van der Waals surface area (Å²) in [5.41, 5.74) is 1.34. The van der Waals surface area contributed by atoms with E-state index in [4.69, 9.17) is 0 Å². The zero-order valence-corrected chi connectivity index (χ0v) is 9.25. The molecule has 0 aromatic carbocycles. The number of hydrogen-bond acceptors (Lipinski definition) is 1. The molecule has 1 atom stereocenters. The maximum absolute atomic E-state index is 11.6. The number of carbonyl (C=O) groups excluding carboxylic acids is 1. The molecular formula is C13H20O. The van der Waals surface area contributed by atoms with Crippen LogP contribution in [0.4, 0.5) is 0 Å². The highest BCUT2D eigenvalue weighted by Crippen LogP contribution is 2.16. The smallest absolute Gasteiger partial charge is 0.136 e. The summed E-state index contributed by atoms with van der Waals surface area (Å²) in [4.78, 5) is 11.6. The fourth-order valence-electron chi connectivity index (χ4n) is 1.59. The van der Waals surface area contributed by atoms with Crippen LogP contribution in [0.3, 0.4) is 0 Å². The van der Waals surface area contributed by atoms with Crippen molar-refractivity contribution < 1.29 is 4.79 Å². The molecule has 0 aromatic rings. The van der Waals surface area contributed by atoms with Crippen LogP contribution < -0.4 is 0 Å². The van der Waals surface area contributed by atoms with Gasteiger partial charge in [0.15, 0.2) is 0 Å². The Hall–Kier alpha value is -0.850. The summed E-state index contributed by atoms with van der Waals surface area (Å²) in [5, 5.41) is 0. The first-order chi connectivity index (χ1) is 6.74. The van der Waals surface area contributed by atoms with Gasteiger partial charge in [-0.05, 0) is 25.7 Å². The lowest BCUT2D eigenvalue weighted by atomic mass is 9.96. The molecule has 0 bridgehead atoms. The second kappa shape index (κ2) is 5.79. The van der Waals surface area contributed by atoms with E-state index in [9.17, 15) is 4.79 Å². The Kier molecular flexibility index (Phi) is 4.64. The Morgan fingerprint density at radius 1 is 1.50 bits per heavy atom. The zero-order chi connectivity index (χ0) is 10.4. The molecule has 14 heavy (non-hydrogen) atoms. The van der Waals surface area contributed by atoms with Crippen molar-refractivity contribution in [2.75, 3.05) is 0 Å². The molecule has 0 saturated heterocycles. The third kappa shape index (κ3) is 3.49. The van der Waals surface area contributed by atoms with Gasteiger partial charge in [0.1, 0.15) is 5.78 Å². The van der Waals surface area contributed by atoms with E-state index in [1.54, 1.807) is 0 Å². The summed E-state index contributed by atoms with van der Waals surface area (Å²) in [7, 11) is 0. The lowest BCUT2D eigenvalue weighted by Gasteiger charge is -2.09. The molecular weight excluding hydrogens is 172 g/mol. The summed E-state index contributed by atoms with van der Waals surface area (Å²) >= 11 is 0. The minimum absolute atomic E-state index is 0.239. The largest absolute Gasteiger partial charge is 0.299 e. The van der Waals surface area contributed by atoms with E-state index in [1.165, 1.54) is 5.57 Å². The Bertz CT molecular complexity index is 248. The predicted molar refractivity (Wildman–Crippen MR) is 60.2 cm³/mol. The summed E-state index contributed by atoms with van der Waals surface area (Å²) in [6, 6.07) is 0. The number of carbonyl (C=O) groups is 1. The van der Waals surface area contributed by atoms with Crippen LogP contribution in [0.5, 0.6) is 0 Å². The van der Waals surface area contributed by atoms with Crippen LogP contribution >= 0.6 is 0 Å². The van der Waals surface area contributed by atoms with Gasteiger partial charge < -0.3 is 0 Å². The molecule has 0 aromatic heterocycles. The lowest BCUT2D eigenvalue weighted by Crippen LogP contribution is -2.09. The molecule has 0 amide bonds. The van der Waals surface area contributed by atoms with Crippen molar-refractivity contribution in [3.63, 3.8) is 0 Å². The molecule has 0 saturated carbocycles. The van der Waals surface area contributed by atoms with Gasteiger partial charge in [0, 0.05) is 12.3 Å². The van der Waals surface area contributed by atoms with Crippen LogP contribution in [0.1, 0.15) is 46.0 Å². The molecule has 1 aliphatic rings. The summed E-state index contributed by atoms with van der Waals surface area (Å²) in [6.07, 6.45) is 11.5. The summed E-state index contributed by atoms with van der Waals surface area (Å²) in [5.74, 6) is 0.649. The van der Waals surface area contributed by atoms with E-state index in [1.807, 2.05) is 6.92 Å². The van der Waals surface area contributed by atoms with Crippen molar-refractivity contribution in [2.45, 2.75) is 46.0 Å². The Morgan fingerprint density at radius 2 is 2.29 bits per heavy atom. The van der Waals surface area contributed by atoms with E-state index in [2.05, 4.69) is 25.2 Å². The number of ketones is 1. The van der Waals surface area contributed by atoms with Gasteiger partial charge in [0.2, 0.25) is 0 Å². The van der Waals surface area contributed by atoms with E-state index in [-0.39, 0.29) is 5.92 Å². The van der Waals surface area contributed by atoms with E-state index in [0.717, 1.165) is 25.7 Å². The van der Waals surface area contributed by atoms with Gasteiger partial charge in [-0.15, -0.1) is 0 Å². The average molecular weight is 192 g/mol. The van der Waals surface area contributed by atoms with Crippen LogP contribution in [-0.4, -0.2) is 5.78 Å².